The number of hydrogen-bond donors (Lipinski definition) is 1. The zero-order valence-corrected chi connectivity index (χ0v) is 16.4. The van der Waals surface area contributed by atoms with E-state index in [9.17, 15) is 8.78 Å². The third-order valence-electron chi connectivity index (χ3n) is 5.48. The number of allylic oxidation sites excluding steroid dienone is 2. The fraction of sp³-hybridized carbons (Fsp3) is 0.417. The van der Waals surface area contributed by atoms with Crippen molar-refractivity contribution in [1.29, 1.82) is 0 Å². The summed E-state index contributed by atoms with van der Waals surface area (Å²) in [5.74, 6) is -0.766. The van der Waals surface area contributed by atoms with Crippen molar-refractivity contribution >= 4 is 11.1 Å². The van der Waals surface area contributed by atoms with Gasteiger partial charge >= 0.3 is 0 Å². The van der Waals surface area contributed by atoms with Crippen molar-refractivity contribution in [1.82, 2.24) is 0 Å². The molecule has 2 aromatic carbocycles. The van der Waals surface area contributed by atoms with Gasteiger partial charge in [-0.05, 0) is 90.6 Å². The van der Waals surface area contributed by atoms with Crippen LogP contribution in [-0.2, 0) is 6.42 Å². The molecule has 0 saturated heterocycles. The summed E-state index contributed by atoms with van der Waals surface area (Å²) in [6.45, 7) is 0.228. The second-order valence-corrected chi connectivity index (χ2v) is 7.35. The van der Waals surface area contributed by atoms with Crippen LogP contribution < -0.4 is 4.74 Å². The average molecular weight is 386 g/mol. The monoisotopic (exact) mass is 386 g/mol. The highest BCUT2D eigenvalue weighted by Gasteiger charge is 2.20. The van der Waals surface area contributed by atoms with Crippen LogP contribution in [0, 0.1) is 11.6 Å². The van der Waals surface area contributed by atoms with Crippen molar-refractivity contribution < 1.29 is 18.6 Å². The highest BCUT2D eigenvalue weighted by Crippen LogP contribution is 2.40. The number of unbranched alkanes of at least 4 members (excludes halogenated alkanes) is 3. The maximum Gasteiger partial charge on any atom is 0.159 e. The minimum Gasteiger partial charge on any atom is -0.497 e. The predicted molar refractivity (Wildman–Crippen MR) is 109 cm³/mol. The van der Waals surface area contributed by atoms with Crippen molar-refractivity contribution in [3.63, 3.8) is 0 Å². The van der Waals surface area contributed by atoms with E-state index in [4.69, 9.17) is 9.84 Å². The van der Waals surface area contributed by atoms with Gasteiger partial charge in [0, 0.05) is 6.61 Å². The first kappa shape index (κ1) is 20.5. The van der Waals surface area contributed by atoms with E-state index in [0.717, 1.165) is 68.3 Å². The normalized spacial score (nSPS) is 14.0. The smallest absolute Gasteiger partial charge is 0.159 e. The molecule has 0 amide bonds. The van der Waals surface area contributed by atoms with E-state index >= 15 is 0 Å². The highest BCUT2D eigenvalue weighted by atomic mass is 19.2. The summed E-state index contributed by atoms with van der Waals surface area (Å²) in [5, 5.41) is 8.98. The summed E-state index contributed by atoms with van der Waals surface area (Å²) in [6, 6.07) is 10.4. The largest absolute Gasteiger partial charge is 0.497 e. The SMILES string of the molecule is COc1ccc2c(c1)CCCC(c1ccc(F)c(F)c1)=C2CCCCCCO. The Morgan fingerprint density at radius 2 is 1.75 bits per heavy atom. The fourth-order valence-electron chi connectivity index (χ4n) is 4.02. The van der Waals surface area contributed by atoms with E-state index < -0.39 is 11.6 Å². The van der Waals surface area contributed by atoms with Crippen LogP contribution in [0.15, 0.2) is 36.4 Å². The summed E-state index contributed by atoms with van der Waals surface area (Å²) >= 11 is 0. The van der Waals surface area contributed by atoms with Gasteiger partial charge in [0.05, 0.1) is 7.11 Å². The van der Waals surface area contributed by atoms with Crippen LogP contribution in [0.2, 0.25) is 0 Å². The number of halogens is 2. The standard InChI is InChI=1S/C24H28F2O2/c1-28-19-11-12-21-17(15-19)7-6-9-20(18-10-13-23(25)24(26)16-18)22(21)8-4-2-3-5-14-27/h10-13,15-16,27H,2-9,14H2,1H3. The highest BCUT2D eigenvalue weighted by molar-refractivity contribution is 5.92. The molecule has 0 spiro atoms. The molecule has 3 rings (SSSR count). The zero-order chi connectivity index (χ0) is 19.9. The topological polar surface area (TPSA) is 29.5 Å². The second kappa shape index (κ2) is 9.83. The summed E-state index contributed by atoms with van der Waals surface area (Å²) in [7, 11) is 1.67. The van der Waals surface area contributed by atoms with Gasteiger partial charge in [-0.2, -0.15) is 0 Å². The van der Waals surface area contributed by atoms with Gasteiger partial charge in [0.25, 0.3) is 0 Å². The molecule has 0 atom stereocenters. The van der Waals surface area contributed by atoms with Gasteiger partial charge in [-0.25, -0.2) is 8.78 Å². The maximum atomic E-state index is 13.9. The van der Waals surface area contributed by atoms with Gasteiger partial charge in [-0.1, -0.05) is 25.0 Å². The molecule has 0 aromatic heterocycles. The third-order valence-corrected chi connectivity index (χ3v) is 5.48. The lowest BCUT2D eigenvalue weighted by atomic mass is 9.89. The van der Waals surface area contributed by atoms with Crippen molar-refractivity contribution in [2.75, 3.05) is 13.7 Å². The lowest BCUT2D eigenvalue weighted by Gasteiger charge is -2.17. The molecule has 28 heavy (non-hydrogen) atoms. The number of aliphatic hydroxyl groups is 1. The Morgan fingerprint density at radius 3 is 2.50 bits per heavy atom. The van der Waals surface area contributed by atoms with E-state index in [1.807, 2.05) is 6.07 Å². The van der Waals surface area contributed by atoms with E-state index in [2.05, 4.69) is 12.1 Å². The number of hydrogen-bond acceptors (Lipinski definition) is 2. The molecular weight excluding hydrogens is 358 g/mol. The predicted octanol–water partition coefficient (Wildman–Crippen LogP) is 6.16. The Kier molecular flexibility index (Phi) is 7.21. The molecule has 4 heteroatoms. The maximum absolute atomic E-state index is 13.9. The molecule has 0 bridgehead atoms. The van der Waals surface area contributed by atoms with Gasteiger partial charge in [-0.15, -0.1) is 0 Å². The van der Waals surface area contributed by atoms with Crippen LogP contribution in [0.5, 0.6) is 5.75 Å². The van der Waals surface area contributed by atoms with Gasteiger partial charge in [0.15, 0.2) is 11.6 Å². The van der Waals surface area contributed by atoms with Gasteiger partial charge in [0.2, 0.25) is 0 Å². The first-order chi connectivity index (χ1) is 13.6. The molecule has 150 valence electrons. The van der Waals surface area contributed by atoms with Crippen molar-refractivity contribution in [3.8, 4) is 5.75 Å². The first-order valence-electron chi connectivity index (χ1n) is 10.1. The van der Waals surface area contributed by atoms with E-state index in [-0.39, 0.29) is 6.61 Å². The molecule has 0 heterocycles. The minimum absolute atomic E-state index is 0.228. The molecule has 2 aromatic rings. The van der Waals surface area contributed by atoms with E-state index in [1.54, 1.807) is 13.2 Å². The van der Waals surface area contributed by atoms with Crippen LogP contribution in [0.4, 0.5) is 8.78 Å². The van der Waals surface area contributed by atoms with Crippen molar-refractivity contribution in [3.05, 3.63) is 64.7 Å². The van der Waals surface area contributed by atoms with E-state index in [1.165, 1.54) is 28.8 Å². The number of aryl methyl sites for hydroxylation is 1. The van der Waals surface area contributed by atoms with Crippen LogP contribution in [0.25, 0.3) is 11.1 Å². The molecule has 2 nitrogen and oxygen atoms in total. The molecule has 1 N–H and O–H groups in total. The zero-order valence-electron chi connectivity index (χ0n) is 16.4. The Balaban J connectivity index is 2.00. The lowest BCUT2D eigenvalue weighted by molar-refractivity contribution is 0.282. The Morgan fingerprint density at radius 1 is 0.929 bits per heavy atom. The quantitative estimate of drug-likeness (QED) is 0.550. The summed E-state index contributed by atoms with van der Waals surface area (Å²) in [6.07, 6.45) is 7.50. The molecule has 1 aliphatic rings. The Labute approximate surface area is 165 Å². The Hall–Kier alpha value is -2.20. The number of methoxy groups -OCH3 is 1. The Bertz CT molecular complexity index is 842. The number of fused-ring (bicyclic) bond motifs is 1. The van der Waals surface area contributed by atoms with Gasteiger partial charge in [-0.3, -0.25) is 0 Å². The number of rotatable bonds is 8. The molecular formula is C24H28F2O2. The number of aliphatic hydroxyl groups excluding tert-OH is 1. The van der Waals surface area contributed by atoms with Crippen LogP contribution in [0.3, 0.4) is 0 Å². The number of ether oxygens (including phenoxy) is 1. The molecule has 0 radical (unpaired) electrons. The molecule has 1 aliphatic carbocycles. The minimum atomic E-state index is -0.811. The lowest BCUT2D eigenvalue weighted by Crippen LogP contribution is -1.97. The molecule has 0 aliphatic heterocycles. The fourth-order valence-corrected chi connectivity index (χ4v) is 4.02. The summed E-state index contributed by atoms with van der Waals surface area (Å²) in [4.78, 5) is 0. The average Bonchev–Trinajstić information content (AvgIpc) is 2.88. The van der Waals surface area contributed by atoms with Gasteiger partial charge in [0.1, 0.15) is 5.75 Å². The van der Waals surface area contributed by atoms with Crippen LogP contribution >= 0.6 is 0 Å². The summed E-state index contributed by atoms with van der Waals surface area (Å²) in [5.41, 5.74) is 5.56. The molecule has 0 unspecified atom stereocenters. The third kappa shape index (κ3) is 4.79. The summed E-state index contributed by atoms with van der Waals surface area (Å²) < 4.78 is 32.8. The number of benzene rings is 2. The molecule has 0 saturated carbocycles. The van der Waals surface area contributed by atoms with Gasteiger partial charge < -0.3 is 9.84 Å². The van der Waals surface area contributed by atoms with Crippen molar-refractivity contribution in [2.24, 2.45) is 0 Å². The van der Waals surface area contributed by atoms with Crippen LogP contribution in [-0.4, -0.2) is 18.8 Å². The van der Waals surface area contributed by atoms with E-state index in [0.29, 0.717) is 0 Å². The van der Waals surface area contributed by atoms with Crippen molar-refractivity contribution in [2.45, 2.75) is 51.4 Å². The van der Waals surface area contributed by atoms with Crippen LogP contribution in [0.1, 0.15) is 61.6 Å². The second-order valence-electron chi connectivity index (χ2n) is 7.35. The molecule has 0 fully saturated rings. The first-order valence-corrected chi connectivity index (χ1v) is 10.1.